The maximum Gasteiger partial charge on any atom is 0.252 e. The first-order chi connectivity index (χ1) is 12.5. The van der Waals surface area contributed by atoms with Gasteiger partial charge in [0.1, 0.15) is 0 Å². The zero-order valence-electron chi connectivity index (χ0n) is 15.5. The molecule has 27 heavy (non-hydrogen) atoms. The minimum Gasteiger partial charge on any atom is -0.353 e. The van der Waals surface area contributed by atoms with Crippen LogP contribution in [0.3, 0.4) is 0 Å². The van der Waals surface area contributed by atoms with Gasteiger partial charge >= 0.3 is 0 Å². The summed E-state index contributed by atoms with van der Waals surface area (Å²) in [7, 11) is 0. The second kappa shape index (κ2) is 11.6. The van der Waals surface area contributed by atoms with Crippen molar-refractivity contribution in [2.75, 3.05) is 12.3 Å². The topological polar surface area (TPSA) is 84.2 Å². The molecule has 0 saturated heterocycles. The second-order valence-electron chi connectivity index (χ2n) is 6.23. The Bertz CT molecular complexity index is 741. The summed E-state index contributed by atoms with van der Waals surface area (Å²) in [5.74, 6) is 0.0292. The van der Waals surface area contributed by atoms with E-state index in [0.29, 0.717) is 12.1 Å². The number of hydrogen-bond donors (Lipinski definition) is 3. The Kier molecular flexibility index (Phi) is 9.93. The molecule has 0 aliphatic rings. The lowest BCUT2D eigenvalue weighted by atomic mass is 10.1. The van der Waals surface area contributed by atoms with Crippen LogP contribution < -0.4 is 16.4 Å². The van der Waals surface area contributed by atoms with Crippen LogP contribution in [0.2, 0.25) is 0 Å². The number of hydrogen-bond acceptors (Lipinski definition) is 4. The van der Waals surface area contributed by atoms with E-state index in [-0.39, 0.29) is 42.1 Å². The normalized spacial score (nSPS) is 11.4. The zero-order chi connectivity index (χ0) is 18.9. The summed E-state index contributed by atoms with van der Waals surface area (Å²) in [6, 6.07) is 16.7. The van der Waals surface area contributed by atoms with E-state index in [0.717, 1.165) is 10.5 Å². The van der Waals surface area contributed by atoms with Crippen molar-refractivity contribution in [2.24, 2.45) is 5.73 Å². The van der Waals surface area contributed by atoms with Gasteiger partial charge in [-0.25, -0.2) is 0 Å². The average molecular weight is 408 g/mol. The monoisotopic (exact) mass is 407 g/mol. The number of halogens is 1. The Labute approximate surface area is 170 Å². The smallest absolute Gasteiger partial charge is 0.252 e. The molecule has 0 aliphatic carbocycles. The molecule has 0 aromatic heterocycles. The summed E-state index contributed by atoms with van der Waals surface area (Å²) in [6.45, 7) is 4.18. The van der Waals surface area contributed by atoms with E-state index in [9.17, 15) is 9.59 Å². The predicted octanol–water partition coefficient (Wildman–Crippen LogP) is 3.15. The highest BCUT2D eigenvalue weighted by Gasteiger charge is 2.14. The molecule has 0 heterocycles. The van der Waals surface area contributed by atoms with Crippen molar-refractivity contribution in [2.45, 2.75) is 30.8 Å². The second-order valence-corrected chi connectivity index (χ2v) is 7.25. The molecular weight excluding hydrogens is 382 g/mol. The van der Waals surface area contributed by atoms with Crippen molar-refractivity contribution >= 4 is 36.0 Å². The van der Waals surface area contributed by atoms with Crippen molar-refractivity contribution in [1.29, 1.82) is 0 Å². The van der Waals surface area contributed by atoms with Crippen LogP contribution in [0.1, 0.15) is 35.8 Å². The van der Waals surface area contributed by atoms with Gasteiger partial charge in [-0.2, -0.15) is 0 Å². The molecule has 7 heteroatoms. The fraction of sp³-hybridized carbons (Fsp3) is 0.300. The molecule has 146 valence electrons. The lowest BCUT2D eigenvalue weighted by molar-refractivity contribution is -0.119. The highest BCUT2D eigenvalue weighted by atomic mass is 35.5. The first-order valence-corrected chi connectivity index (χ1v) is 9.56. The van der Waals surface area contributed by atoms with Crippen LogP contribution in [0, 0.1) is 0 Å². The van der Waals surface area contributed by atoms with Crippen LogP contribution in [-0.4, -0.2) is 30.2 Å². The first kappa shape index (κ1) is 23.0. The van der Waals surface area contributed by atoms with E-state index in [2.05, 4.69) is 10.6 Å². The molecule has 0 fully saturated rings. The van der Waals surface area contributed by atoms with Gasteiger partial charge in [0, 0.05) is 23.5 Å². The van der Waals surface area contributed by atoms with Gasteiger partial charge in [-0.1, -0.05) is 42.5 Å². The number of thioether (sulfide) groups is 1. The van der Waals surface area contributed by atoms with Gasteiger partial charge in [-0.05, 0) is 31.5 Å². The summed E-state index contributed by atoms with van der Waals surface area (Å²) < 4.78 is 0. The van der Waals surface area contributed by atoms with Gasteiger partial charge in [0.25, 0.3) is 5.91 Å². The molecule has 1 atom stereocenters. The molecule has 0 spiro atoms. The number of amides is 2. The molecule has 2 amide bonds. The minimum absolute atomic E-state index is 0. The molecule has 2 rings (SSSR count). The molecular formula is C20H26ClN3O2S. The number of nitrogens with two attached hydrogens (primary N) is 1. The standard InChI is InChI=1S/C20H25N3O2S.ClH/c1-14(2)23-19(24)13-26-18-11-7-6-10-16(18)20(25)22-12-17(21)15-8-4-3-5-9-15;/h3-11,14,17H,12-13,21H2,1-2H3,(H,22,25)(H,23,24);1H. The Balaban J connectivity index is 0.00000364. The molecule has 2 aromatic carbocycles. The third-order valence-electron chi connectivity index (χ3n) is 3.65. The van der Waals surface area contributed by atoms with Gasteiger partial charge in [0.2, 0.25) is 5.91 Å². The van der Waals surface area contributed by atoms with Crippen molar-refractivity contribution in [3.05, 3.63) is 65.7 Å². The molecule has 4 N–H and O–H groups in total. The molecule has 1 unspecified atom stereocenters. The first-order valence-electron chi connectivity index (χ1n) is 8.57. The summed E-state index contributed by atoms with van der Waals surface area (Å²) in [5.41, 5.74) is 7.66. The number of carbonyl (C=O) groups excluding carboxylic acids is 2. The molecule has 0 bridgehead atoms. The number of benzene rings is 2. The van der Waals surface area contributed by atoms with E-state index in [1.54, 1.807) is 6.07 Å². The Morgan fingerprint density at radius 3 is 2.33 bits per heavy atom. The maximum absolute atomic E-state index is 12.5. The fourth-order valence-electron chi connectivity index (χ4n) is 2.40. The quantitative estimate of drug-likeness (QED) is 0.587. The van der Waals surface area contributed by atoms with E-state index in [1.807, 2.05) is 62.4 Å². The van der Waals surface area contributed by atoms with E-state index in [4.69, 9.17) is 5.73 Å². The van der Waals surface area contributed by atoms with Crippen molar-refractivity contribution < 1.29 is 9.59 Å². The Morgan fingerprint density at radius 2 is 1.67 bits per heavy atom. The largest absolute Gasteiger partial charge is 0.353 e. The summed E-state index contributed by atoms with van der Waals surface area (Å²) >= 11 is 1.35. The van der Waals surface area contributed by atoms with Gasteiger partial charge in [-0.3, -0.25) is 9.59 Å². The van der Waals surface area contributed by atoms with Gasteiger partial charge in [0.15, 0.2) is 0 Å². The van der Waals surface area contributed by atoms with Gasteiger partial charge in [0.05, 0.1) is 11.3 Å². The van der Waals surface area contributed by atoms with Gasteiger partial charge < -0.3 is 16.4 Å². The molecule has 5 nitrogen and oxygen atoms in total. The van der Waals surface area contributed by atoms with Crippen LogP contribution in [-0.2, 0) is 4.79 Å². The predicted molar refractivity (Wildman–Crippen MR) is 113 cm³/mol. The average Bonchev–Trinajstić information content (AvgIpc) is 2.64. The highest BCUT2D eigenvalue weighted by Crippen LogP contribution is 2.22. The summed E-state index contributed by atoms with van der Waals surface area (Å²) in [4.78, 5) is 25.1. The van der Waals surface area contributed by atoms with Crippen molar-refractivity contribution in [3.63, 3.8) is 0 Å². The molecule has 2 aromatic rings. The zero-order valence-corrected chi connectivity index (χ0v) is 17.1. The highest BCUT2D eigenvalue weighted by molar-refractivity contribution is 8.00. The maximum atomic E-state index is 12.5. The van der Waals surface area contributed by atoms with Crippen LogP contribution in [0.4, 0.5) is 0 Å². The Hall–Kier alpha value is -2.02. The SMILES string of the molecule is CC(C)NC(=O)CSc1ccccc1C(=O)NCC(N)c1ccccc1.Cl. The molecule has 0 radical (unpaired) electrons. The van der Waals surface area contributed by atoms with Crippen molar-refractivity contribution in [3.8, 4) is 0 Å². The van der Waals surface area contributed by atoms with E-state index in [1.165, 1.54) is 11.8 Å². The van der Waals surface area contributed by atoms with Gasteiger partial charge in [-0.15, -0.1) is 24.2 Å². The molecule has 0 aliphatic heterocycles. The van der Waals surface area contributed by atoms with Crippen LogP contribution in [0.15, 0.2) is 59.5 Å². The fourth-order valence-corrected chi connectivity index (χ4v) is 3.26. The summed E-state index contributed by atoms with van der Waals surface area (Å²) in [5, 5.41) is 5.72. The number of carbonyl (C=O) groups is 2. The van der Waals surface area contributed by atoms with E-state index < -0.39 is 0 Å². The third kappa shape index (κ3) is 7.62. The third-order valence-corrected chi connectivity index (χ3v) is 4.72. The summed E-state index contributed by atoms with van der Waals surface area (Å²) in [6.07, 6.45) is 0. The van der Waals surface area contributed by atoms with Crippen molar-refractivity contribution in [1.82, 2.24) is 10.6 Å². The lowest BCUT2D eigenvalue weighted by Crippen LogP contribution is -2.32. The minimum atomic E-state index is -0.267. The Morgan fingerprint density at radius 1 is 1.04 bits per heavy atom. The molecule has 0 saturated carbocycles. The van der Waals surface area contributed by atoms with Crippen LogP contribution >= 0.6 is 24.2 Å². The van der Waals surface area contributed by atoms with Crippen LogP contribution in [0.5, 0.6) is 0 Å². The van der Waals surface area contributed by atoms with Crippen LogP contribution in [0.25, 0.3) is 0 Å². The number of nitrogens with one attached hydrogen (secondary N) is 2. The lowest BCUT2D eigenvalue weighted by Gasteiger charge is -2.14. The van der Waals surface area contributed by atoms with E-state index >= 15 is 0 Å². The number of rotatable bonds is 8.